The van der Waals surface area contributed by atoms with E-state index in [2.05, 4.69) is 26.8 Å². The minimum Gasteiger partial charge on any atom is -0.373 e. The van der Waals surface area contributed by atoms with Crippen LogP contribution in [-0.2, 0) is 0 Å². The van der Waals surface area contributed by atoms with Crippen molar-refractivity contribution in [2.45, 2.75) is 37.9 Å². The monoisotopic (exact) mass is 434 g/mol. The zero-order valence-electron chi connectivity index (χ0n) is 16.7. The Bertz CT molecular complexity index is 1080. The van der Waals surface area contributed by atoms with Gasteiger partial charge in [-0.05, 0) is 37.5 Å². The Labute approximate surface area is 176 Å². The summed E-state index contributed by atoms with van der Waals surface area (Å²) in [7, 11) is 0. The molecule has 1 aliphatic heterocycles. The molecule has 164 valence electrons. The highest BCUT2D eigenvalue weighted by molar-refractivity contribution is 5.58. The molecule has 1 saturated heterocycles. The summed E-state index contributed by atoms with van der Waals surface area (Å²) in [6.45, 7) is 5.08. The van der Waals surface area contributed by atoms with Crippen LogP contribution >= 0.6 is 0 Å². The largest absolute Gasteiger partial charge is 0.389 e. The molecular formula is C21H22F4N6. The number of alkyl halides is 3. The van der Waals surface area contributed by atoms with Gasteiger partial charge in [0.15, 0.2) is 5.82 Å². The number of rotatable bonds is 6. The lowest BCUT2D eigenvalue weighted by Crippen LogP contribution is -2.41. The smallest absolute Gasteiger partial charge is 0.373 e. The average molecular weight is 434 g/mol. The van der Waals surface area contributed by atoms with Crippen LogP contribution in [0.5, 0.6) is 0 Å². The lowest BCUT2D eigenvalue weighted by molar-refractivity contribution is -0.134. The number of anilines is 1. The summed E-state index contributed by atoms with van der Waals surface area (Å²) < 4.78 is 52.8. The fraction of sp³-hybridized carbons (Fsp3) is 0.381. The molecule has 31 heavy (non-hydrogen) atoms. The van der Waals surface area contributed by atoms with E-state index < -0.39 is 18.4 Å². The van der Waals surface area contributed by atoms with Crippen LogP contribution in [0.4, 0.5) is 23.4 Å². The predicted octanol–water partition coefficient (Wildman–Crippen LogP) is 4.66. The molecular weight excluding hydrogens is 412 g/mol. The third-order valence-corrected chi connectivity index (χ3v) is 5.27. The van der Waals surface area contributed by atoms with Crippen LogP contribution in [0, 0.1) is 5.82 Å². The minimum absolute atomic E-state index is 0.0127. The summed E-state index contributed by atoms with van der Waals surface area (Å²) in [5.41, 5.74) is 1.64. The van der Waals surface area contributed by atoms with E-state index in [1.165, 1.54) is 12.3 Å². The van der Waals surface area contributed by atoms with E-state index in [-0.39, 0.29) is 12.5 Å². The molecule has 1 aliphatic rings. The molecule has 1 fully saturated rings. The number of allylic oxidation sites excluding steroid dienone is 1. The second-order valence-electron chi connectivity index (χ2n) is 7.60. The highest BCUT2D eigenvalue weighted by Gasteiger charge is 2.28. The molecule has 0 saturated carbocycles. The number of hydrogen-bond acceptors (Lipinski definition) is 5. The van der Waals surface area contributed by atoms with Gasteiger partial charge in [0.05, 0.1) is 6.20 Å². The number of aromatic nitrogens is 4. The summed E-state index contributed by atoms with van der Waals surface area (Å²) in [5.74, 6) is 0.587. The molecule has 0 aromatic carbocycles. The van der Waals surface area contributed by atoms with Crippen molar-refractivity contribution in [3.05, 3.63) is 54.9 Å². The van der Waals surface area contributed by atoms with Gasteiger partial charge in [0.2, 0.25) is 0 Å². The van der Waals surface area contributed by atoms with Gasteiger partial charge in [-0.2, -0.15) is 13.2 Å². The average Bonchev–Trinajstić information content (AvgIpc) is 3.15. The van der Waals surface area contributed by atoms with E-state index in [1.54, 1.807) is 28.9 Å². The first-order valence-electron chi connectivity index (χ1n) is 10.0. The zero-order valence-corrected chi connectivity index (χ0v) is 16.7. The number of fused-ring (bicyclic) bond motifs is 1. The van der Waals surface area contributed by atoms with Crippen molar-refractivity contribution in [1.82, 2.24) is 24.3 Å². The van der Waals surface area contributed by atoms with Gasteiger partial charge in [0.25, 0.3) is 0 Å². The molecule has 0 unspecified atom stereocenters. The second-order valence-corrected chi connectivity index (χ2v) is 7.60. The van der Waals surface area contributed by atoms with Crippen LogP contribution in [0.25, 0.3) is 17.2 Å². The summed E-state index contributed by atoms with van der Waals surface area (Å²) in [6, 6.07) is 4.65. The third-order valence-electron chi connectivity index (χ3n) is 5.27. The fourth-order valence-electron chi connectivity index (χ4n) is 3.72. The first-order chi connectivity index (χ1) is 14.8. The lowest BCUT2D eigenvalue weighted by atomic mass is 10.0. The van der Waals surface area contributed by atoms with Crippen molar-refractivity contribution < 1.29 is 17.6 Å². The van der Waals surface area contributed by atoms with Crippen molar-refractivity contribution in [3.8, 4) is 11.5 Å². The molecule has 10 heteroatoms. The number of pyridine rings is 1. The van der Waals surface area contributed by atoms with Crippen molar-refractivity contribution in [2.75, 3.05) is 18.4 Å². The van der Waals surface area contributed by atoms with Gasteiger partial charge >= 0.3 is 6.18 Å². The summed E-state index contributed by atoms with van der Waals surface area (Å²) >= 11 is 0. The topological polar surface area (TPSA) is 58.3 Å². The van der Waals surface area contributed by atoms with Gasteiger partial charge in [-0.15, -0.1) is 0 Å². The van der Waals surface area contributed by atoms with Crippen molar-refractivity contribution in [1.29, 1.82) is 0 Å². The van der Waals surface area contributed by atoms with E-state index >= 15 is 0 Å². The van der Waals surface area contributed by atoms with Gasteiger partial charge in [-0.3, -0.25) is 4.40 Å². The van der Waals surface area contributed by atoms with Gasteiger partial charge < -0.3 is 10.2 Å². The van der Waals surface area contributed by atoms with E-state index in [9.17, 15) is 17.6 Å². The Morgan fingerprint density at radius 3 is 2.87 bits per heavy atom. The number of imidazole rings is 1. The van der Waals surface area contributed by atoms with Crippen LogP contribution in [0.2, 0.25) is 0 Å². The zero-order chi connectivity index (χ0) is 22.0. The first kappa shape index (κ1) is 21.1. The molecule has 0 radical (unpaired) electrons. The van der Waals surface area contributed by atoms with E-state index in [1.807, 2.05) is 4.90 Å². The standard InChI is InChI=1S/C21H22F4N6/c1-14(6-8-21(23,24)25)30-10-2-3-16(13-30)28-18-7-9-26-20(29-18)17-11-27-19-5-4-15(22)12-31(17)19/h4-5,7,9,11-12,16H,1-3,6,8,10,13H2,(H,26,28,29)/t16-/m1/s1. The van der Waals surface area contributed by atoms with Gasteiger partial charge in [0, 0.05) is 43.6 Å². The maximum Gasteiger partial charge on any atom is 0.389 e. The first-order valence-corrected chi connectivity index (χ1v) is 10.0. The van der Waals surface area contributed by atoms with Crippen molar-refractivity contribution in [3.63, 3.8) is 0 Å². The normalized spacial score (nSPS) is 17.2. The molecule has 4 heterocycles. The minimum atomic E-state index is -4.19. The Hall–Kier alpha value is -3.17. The predicted molar refractivity (Wildman–Crippen MR) is 109 cm³/mol. The number of halogens is 4. The van der Waals surface area contributed by atoms with Gasteiger partial charge in [-0.25, -0.2) is 19.3 Å². The second kappa shape index (κ2) is 8.52. The molecule has 0 aliphatic carbocycles. The number of nitrogens with one attached hydrogen (secondary N) is 1. The highest BCUT2D eigenvalue weighted by atomic mass is 19.4. The Kier molecular flexibility index (Phi) is 5.79. The molecule has 1 N–H and O–H groups in total. The Morgan fingerprint density at radius 2 is 2.06 bits per heavy atom. The van der Waals surface area contributed by atoms with Crippen LogP contribution in [-0.4, -0.2) is 49.6 Å². The number of likely N-dealkylation sites (tertiary alicyclic amines) is 1. The van der Waals surface area contributed by atoms with Crippen molar-refractivity contribution >= 4 is 11.5 Å². The molecule has 3 aromatic rings. The Morgan fingerprint density at radius 1 is 1.23 bits per heavy atom. The third kappa shape index (κ3) is 5.12. The van der Waals surface area contributed by atoms with Gasteiger partial charge in [0.1, 0.15) is 23.0 Å². The molecule has 4 rings (SSSR count). The fourth-order valence-corrected chi connectivity index (χ4v) is 3.72. The molecule has 0 amide bonds. The lowest BCUT2D eigenvalue weighted by Gasteiger charge is -2.36. The summed E-state index contributed by atoms with van der Waals surface area (Å²) in [5, 5.41) is 3.34. The van der Waals surface area contributed by atoms with Crippen molar-refractivity contribution in [2.24, 2.45) is 0 Å². The maximum atomic E-state index is 13.6. The Balaban J connectivity index is 1.45. The summed E-state index contributed by atoms with van der Waals surface area (Å²) in [6.07, 6.45) is 1.07. The molecule has 6 nitrogen and oxygen atoms in total. The molecule has 3 aromatic heterocycles. The number of nitrogens with zero attached hydrogens (tertiary/aromatic N) is 5. The van der Waals surface area contributed by atoms with Crippen LogP contribution in [0.15, 0.2) is 49.1 Å². The van der Waals surface area contributed by atoms with Crippen LogP contribution < -0.4 is 5.32 Å². The molecule has 0 bridgehead atoms. The molecule has 0 spiro atoms. The summed E-state index contributed by atoms with van der Waals surface area (Å²) in [4.78, 5) is 15.0. The maximum absolute atomic E-state index is 13.6. The SMILES string of the molecule is C=C(CCC(F)(F)F)N1CCC[C@@H](Nc2ccnc(-c3cnc4ccc(F)cn34)n2)C1. The van der Waals surface area contributed by atoms with E-state index in [0.717, 1.165) is 12.8 Å². The highest BCUT2D eigenvalue weighted by Crippen LogP contribution is 2.27. The van der Waals surface area contributed by atoms with Crippen LogP contribution in [0.3, 0.4) is 0 Å². The number of piperidine rings is 1. The van der Waals surface area contributed by atoms with E-state index in [4.69, 9.17) is 0 Å². The van der Waals surface area contributed by atoms with E-state index in [0.29, 0.717) is 41.8 Å². The number of hydrogen-bond donors (Lipinski definition) is 1. The quantitative estimate of drug-likeness (QED) is 0.572. The van der Waals surface area contributed by atoms with Gasteiger partial charge in [-0.1, -0.05) is 6.58 Å². The molecule has 1 atom stereocenters. The van der Waals surface area contributed by atoms with Crippen LogP contribution in [0.1, 0.15) is 25.7 Å².